The summed E-state index contributed by atoms with van der Waals surface area (Å²) >= 11 is 3.43. The van der Waals surface area contributed by atoms with Crippen molar-refractivity contribution in [3.8, 4) is 0 Å². The summed E-state index contributed by atoms with van der Waals surface area (Å²) < 4.78 is 1.09. The molecular formula is C13H17BrN2O. The summed E-state index contributed by atoms with van der Waals surface area (Å²) in [5.41, 5.74) is 1.25. The molecule has 1 heterocycles. The van der Waals surface area contributed by atoms with Crippen LogP contribution in [0.25, 0.3) is 0 Å². The van der Waals surface area contributed by atoms with Crippen molar-refractivity contribution in [3.63, 3.8) is 0 Å². The Balaban J connectivity index is 2.02. The van der Waals surface area contributed by atoms with Crippen LogP contribution in [-0.4, -0.2) is 30.4 Å². The van der Waals surface area contributed by atoms with Gasteiger partial charge in [-0.25, -0.2) is 0 Å². The number of halogens is 1. The Morgan fingerprint density at radius 2 is 2.18 bits per heavy atom. The van der Waals surface area contributed by atoms with Crippen LogP contribution in [0.3, 0.4) is 0 Å². The van der Waals surface area contributed by atoms with E-state index in [9.17, 15) is 4.79 Å². The van der Waals surface area contributed by atoms with Crippen LogP contribution in [0.1, 0.15) is 18.4 Å². The van der Waals surface area contributed by atoms with Gasteiger partial charge in [-0.15, -0.1) is 0 Å². The van der Waals surface area contributed by atoms with Gasteiger partial charge in [-0.3, -0.25) is 9.69 Å². The van der Waals surface area contributed by atoms with Crippen LogP contribution in [0, 0.1) is 0 Å². The maximum atomic E-state index is 11.7. The monoisotopic (exact) mass is 296 g/mol. The molecule has 1 N–H and O–H groups in total. The van der Waals surface area contributed by atoms with Gasteiger partial charge < -0.3 is 5.32 Å². The summed E-state index contributed by atoms with van der Waals surface area (Å²) in [7, 11) is 1.71. The predicted octanol–water partition coefficient (Wildman–Crippen LogP) is 2.16. The predicted molar refractivity (Wildman–Crippen MR) is 71.6 cm³/mol. The molecule has 0 aliphatic carbocycles. The quantitative estimate of drug-likeness (QED) is 0.927. The lowest BCUT2D eigenvalue weighted by molar-refractivity contribution is -0.125. The lowest BCUT2D eigenvalue weighted by Crippen LogP contribution is -2.41. The van der Waals surface area contributed by atoms with E-state index in [0.717, 1.165) is 30.4 Å². The molecular weight excluding hydrogens is 280 g/mol. The van der Waals surface area contributed by atoms with Crippen molar-refractivity contribution in [1.82, 2.24) is 10.2 Å². The van der Waals surface area contributed by atoms with Gasteiger partial charge in [0.2, 0.25) is 5.91 Å². The lowest BCUT2D eigenvalue weighted by atomic mass is 10.1. The molecule has 17 heavy (non-hydrogen) atoms. The van der Waals surface area contributed by atoms with Crippen LogP contribution in [-0.2, 0) is 11.3 Å². The number of rotatable bonds is 3. The van der Waals surface area contributed by atoms with Crippen LogP contribution >= 0.6 is 15.9 Å². The molecule has 92 valence electrons. The molecule has 0 saturated carbocycles. The van der Waals surface area contributed by atoms with E-state index in [0.29, 0.717) is 0 Å². The molecule has 1 aliphatic heterocycles. The third kappa shape index (κ3) is 3.07. The lowest BCUT2D eigenvalue weighted by Gasteiger charge is -2.23. The van der Waals surface area contributed by atoms with Crippen molar-refractivity contribution >= 4 is 21.8 Å². The van der Waals surface area contributed by atoms with Gasteiger partial charge in [0.15, 0.2) is 0 Å². The van der Waals surface area contributed by atoms with Crippen LogP contribution in [0.2, 0.25) is 0 Å². The fraction of sp³-hybridized carbons (Fsp3) is 0.462. The van der Waals surface area contributed by atoms with E-state index in [2.05, 4.69) is 38.3 Å². The summed E-state index contributed by atoms with van der Waals surface area (Å²) in [6.45, 7) is 1.86. The maximum absolute atomic E-state index is 11.7. The zero-order chi connectivity index (χ0) is 12.3. The van der Waals surface area contributed by atoms with Crippen LogP contribution in [0.5, 0.6) is 0 Å². The molecule has 1 amide bonds. The first kappa shape index (κ1) is 12.6. The molecule has 0 aromatic heterocycles. The summed E-state index contributed by atoms with van der Waals surface area (Å²) in [6.07, 6.45) is 2.07. The van der Waals surface area contributed by atoms with Crippen LogP contribution in [0.4, 0.5) is 0 Å². The number of likely N-dealkylation sites (N-methyl/N-ethyl adjacent to an activating group) is 1. The molecule has 0 radical (unpaired) electrons. The van der Waals surface area contributed by atoms with Gasteiger partial charge in [0.05, 0.1) is 6.04 Å². The van der Waals surface area contributed by atoms with Crippen molar-refractivity contribution in [1.29, 1.82) is 0 Å². The molecule has 0 bridgehead atoms. The minimum atomic E-state index is 0.0450. The van der Waals surface area contributed by atoms with E-state index in [4.69, 9.17) is 0 Å². The molecule has 1 fully saturated rings. The number of hydrogen-bond donors (Lipinski definition) is 1. The molecule has 3 nitrogen and oxygen atoms in total. The number of nitrogens with zero attached hydrogens (tertiary/aromatic N) is 1. The number of carbonyl (C=O) groups is 1. The van der Waals surface area contributed by atoms with E-state index < -0.39 is 0 Å². The van der Waals surface area contributed by atoms with Crippen LogP contribution in [0.15, 0.2) is 28.7 Å². The van der Waals surface area contributed by atoms with Crippen molar-refractivity contribution in [2.45, 2.75) is 25.4 Å². The fourth-order valence-corrected chi connectivity index (χ4v) is 2.57. The SMILES string of the molecule is CNC(=O)C1CCCN1Cc1ccc(Br)cc1. The minimum Gasteiger partial charge on any atom is -0.358 e. The van der Waals surface area contributed by atoms with E-state index in [1.165, 1.54) is 5.56 Å². The zero-order valence-corrected chi connectivity index (χ0v) is 11.5. The number of carbonyl (C=O) groups excluding carboxylic acids is 1. The average molecular weight is 297 g/mol. The van der Waals surface area contributed by atoms with Crippen molar-refractivity contribution in [3.05, 3.63) is 34.3 Å². The second-order valence-corrected chi connectivity index (χ2v) is 5.28. The minimum absolute atomic E-state index is 0.0450. The summed E-state index contributed by atoms with van der Waals surface area (Å²) in [6, 6.07) is 8.33. The molecule has 0 spiro atoms. The number of likely N-dealkylation sites (tertiary alicyclic amines) is 1. The fourth-order valence-electron chi connectivity index (χ4n) is 2.30. The highest BCUT2D eigenvalue weighted by molar-refractivity contribution is 9.10. The highest BCUT2D eigenvalue weighted by Crippen LogP contribution is 2.21. The van der Waals surface area contributed by atoms with Gasteiger partial charge in [0, 0.05) is 18.1 Å². The molecule has 1 aliphatic rings. The van der Waals surface area contributed by atoms with Crippen LogP contribution < -0.4 is 5.32 Å². The zero-order valence-electron chi connectivity index (χ0n) is 9.95. The summed E-state index contributed by atoms with van der Waals surface area (Å²) in [4.78, 5) is 14.0. The third-order valence-electron chi connectivity index (χ3n) is 3.21. The number of amides is 1. The van der Waals surface area contributed by atoms with E-state index in [1.54, 1.807) is 7.05 Å². The Hall–Kier alpha value is -0.870. The van der Waals surface area contributed by atoms with Gasteiger partial charge >= 0.3 is 0 Å². The normalized spacial score (nSPS) is 20.5. The Morgan fingerprint density at radius 3 is 2.82 bits per heavy atom. The molecule has 1 aromatic rings. The van der Waals surface area contributed by atoms with Gasteiger partial charge in [0.1, 0.15) is 0 Å². The van der Waals surface area contributed by atoms with E-state index >= 15 is 0 Å². The van der Waals surface area contributed by atoms with Crippen molar-refractivity contribution < 1.29 is 4.79 Å². The number of nitrogens with one attached hydrogen (secondary N) is 1. The van der Waals surface area contributed by atoms with Gasteiger partial charge in [-0.2, -0.15) is 0 Å². The number of hydrogen-bond acceptors (Lipinski definition) is 2. The van der Waals surface area contributed by atoms with E-state index in [1.807, 2.05) is 12.1 Å². The average Bonchev–Trinajstić information content (AvgIpc) is 2.79. The standard InChI is InChI=1S/C13H17BrN2O/c1-15-13(17)12-3-2-8-16(12)9-10-4-6-11(14)7-5-10/h4-7,12H,2-3,8-9H2,1H3,(H,15,17). The first-order chi connectivity index (χ1) is 8.20. The molecule has 1 atom stereocenters. The Kier molecular flexibility index (Phi) is 4.18. The van der Waals surface area contributed by atoms with Gasteiger partial charge in [-0.1, -0.05) is 28.1 Å². The summed E-state index contributed by atoms with van der Waals surface area (Å²) in [5.74, 6) is 0.139. The molecule has 4 heteroatoms. The second-order valence-electron chi connectivity index (χ2n) is 4.37. The smallest absolute Gasteiger partial charge is 0.237 e. The van der Waals surface area contributed by atoms with Crippen molar-refractivity contribution in [2.75, 3.05) is 13.6 Å². The maximum Gasteiger partial charge on any atom is 0.237 e. The Bertz CT molecular complexity index is 391. The topological polar surface area (TPSA) is 32.3 Å². The van der Waals surface area contributed by atoms with Gasteiger partial charge in [-0.05, 0) is 37.1 Å². The summed E-state index contributed by atoms with van der Waals surface area (Å²) in [5, 5.41) is 2.74. The Labute approximate surface area is 110 Å². The molecule has 1 aromatic carbocycles. The largest absolute Gasteiger partial charge is 0.358 e. The van der Waals surface area contributed by atoms with E-state index in [-0.39, 0.29) is 11.9 Å². The second kappa shape index (κ2) is 5.65. The first-order valence-electron chi connectivity index (χ1n) is 5.91. The molecule has 1 saturated heterocycles. The first-order valence-corrected chi connectivity index (χ1v) is 6.70. The Morgan fingerprint density at radius 1 is 1.47 bits per heavy atom. The highest BCUT2D eigenvalue weighted by atomic mass is 79.9. The molecule has 2 rings (SSSR count). The highest BCUT2D eigenvalue weighted by Gasteiger charge is 2.29. The third-order valence-corrected chi connectivity index (χ3v) is 3.74. The van der Waals surface area contributed by atoms with Gasteiger partial charge in [0.25, 0.3) is 0 Å². The number of benzene rings is 1. The molecule has 1 unspecified atom stereocenters. The van der Waals surface area contributed by atoms with Crippen molar-refractivity contribution in [2.24, 2.45) is 0 Å².